The van der Waals surface area contributed by atoms with Gasteiger partial charge in [0.2, 0.25) is 0 Å². The first-order valence-electron chi connectivity index (χ1n) is 7.74. The van der Waals surface area contributed by atoms with E-state index in [0.29, 0.717) is 26.8 Å². The summed E-state index contributed by atoms with van der Waals surface area (Å²) in [4.78, 5) is 24.3. The van der Waals surface area contributed by atoms with Crippen LogP contribution >= 0.6 is 28.1 Å². The normalized spacial score (nSPS) is 18.7. The standard InChI is InChI=1S/C15H12BrN5O4S/c16-11-7-19(18-13(11)21(23)24)6-10-4-3-9(25-10)5-12-14(22)20(8-1-2-8)15(26)17-12/h3-5,7-8H,1-2,6H2,(H,17,26)/b12-5+. The highest BCUT2D eigenvalue weighted by atomic mass is 79.9. The number of hydrogen-bond donors (Lipinski definition) is 1. The lowest BCUT2D eigenvalue weighted by Crippen LogP contribution is -2.32. The van der Waals surface area contributed by atoms with Gasteiger partial charge in [0.05, 0.1) is 11.3 Å². The first-order valence-corrected chi connectivity index (χ1v) is 8.95. The number of amides is 1. The van der Waals surface area contributed by atoms with Gasteiger partial charge in [0.15, 0.2) is 5.11 Å². The van der Waals surface area contributed by atoms with E-state index in [0.717, 1.165) is 12.8 Å². The van der Waals surface area contributed by atoms with Crippen LogP contribution in [-0.4, -0.2) is 36.7 Å². The molecule has 1 saturated heterocycles. The van der Waals surface area contributed by atoms with E-state index in [1.54, 1.807) is 23.1 Å². The summed E-state index contributed by atoms with van der Waals surface area (Å²) in [6.45, 7) is 0.226. The molecule has 1 aliphatic carbocycles. The van der Waals surface area contributed by atoms with Gasteiger partial charge in [0, 0.05) is 12.1 Å². The highest BCUT2D eigenvalue weighted by Gasteiger charge is 2.41. The van der Waals surface area contributed by atoms with Gasteiger partial charge in [-0.05, 0) is 58.0 Å². The quantitative estimate of drug-likeness (QED) is 0.331. The molecule has 1 N–H and O–H groups in total. The summed E-state index contributed by atoms with van der Waals surface area (Å²) < 4.78 is 7.38. The van der Waals surface area contributed by atoms with Crippen molar-refractivity contribution in [3.8, 4) is 0 Å². The second kappa shape index (κ2) is 6.32. The van der Waals surface area contributed by atoms with E-state index in [4.69, 9.17) is 16.6 Å². The largest absolute Gasteiger partial charge is 0.460 e. The van der Waals surface area contributed by atoms with Crippen molar-refractivity contribution < 1.29 is 14.1 Å². The van der Waals surface area contributed by atoms with Crippen LogP contribution in [0.5, 0.6) is 0 Å². The highest BCUT2D eigenvalue weighted by Crippen LogP contribution is 2.31. The van der Waals surface area contributed by atoms with Crippen LogP contribution in [0, 0.1) is 10.1 Å². The summed E-state index contributed by atoms with van der Waals surface area (Å²) in [5.74, 6) is 0.626. The third-order valence-electron chi connectivity index (χ3n) is 3.98. The molecule has 1 amide bonds. The molecule has 0 spiro atoms. The number of carbonyl (C=O) groups excluding carboxylic acids is 1. The Kier molecular flexibility index (Phi) is 4.11. The summed E-state index contributed by atoms with van der Waals surface area (Å²) in [5.41, 5.74) is 0.375. The smallest absolute Gasteiger partial charge is 0.404 e. The average molecular weight is 438 g/mol. The molecule has 2 aromatic heterocycles. The molecule has 0 atom stereocenters. The average Bonchev–Trinajstić information content (AvgIpc) is 3.09. The number of furan rings is 1. The Hall–Kier alpha value is -2.53. The van der Waals surface area contributed by atoms with Crippen molar-refractivity contribution in [1.82, 2.24) is 20.0 Å². The summed E-state index contributed by atoms with van der Waals surface area (Å²) in [5, 5.41) is 18.1. The van der Waals surface area contributed by atoms with Crippen molar-refractivity contribution in [2.45, 2.75) is 25.4 Å². The molecule has 26 heavy (non-hydrogen) atoms. The van der Waals surface area contributed by atoms with E-state index >= 15 is 0 Å². The van der Waals surface area contributed by atoms with Crippen LogP contribution in [0.3, 0.4) is 0 Å². The number of thiocarbonyl (C=S) groups is 1. The third-order valence-corrected chi connectivity index (χ3v) is 4.84. The van der Waals surface area contributed by atoms with E-state index in [1.807, 2.05) is 0 Å². The van der Waals surface area contributed by atoms with Gasteiger partial charge in [-0.1, -0.05) is 0 Å². The molecule has 2 aliphatic rings. The fourth-order valence-electron chi connectivity index (χ4n) is 2.66. The van der Waals surface area contributed by atoms with Crippen LogP contribution in [0.25, 0.3) is 6.08 Å². The topological polar surface area (TPSA) is 106 Å². The van der Waals surface area contributed by atoms with Gasteiger partial charge in [-0.3, -0.25) is 9.69 Å². The van der Waals surface area contributed by atoms with Crippen LogP contribution < -0.4 is 5.32 Å². The van der Waals surface area contributed by atoms with Crippen LogP contribution in [-0.2, 0) is 11.3 Å². The van der Waals surface area contributed by atoms with Crippen molar-refractivity contribution in [1.29, 1.82) is 0 Å². The molecule has 0 radical (unpaired) electrons. The molecular formula is C15H12BrN5O4S. The minimum atomic E-state index is -0.565. The molecule has 2 fully saturated rings. The summed E-state index contributed by atoms with van der Waals surface area (Å²) in [6.07, 6.45) is 5.05. The molecular weight excluding hydrogens is 426 g/mol. The van der Waals surface area contributed by atoms with Gasteiger partial charge in [-0.2, -0.15) is 4.68 Å². The Morgan fingerprint density at radius 2 is 2.27 bits per heavy atom. The monoisotopic (exact) mass is 437 g/mol. The maximum Gasteiger partial charge on any atom is 0.404 e. The number of halogens is 1. The molecule has 1 aliphatic heterocycles. The summed E-state index contributed by atoms with van der Waals surface area (Å²) >= 11 is 8.31. The van der Waals surface area contributed by atoms with Crippen molar-refractivity contribution in [3.05, 3.63) is 50.1 Å². The minimum absolute atomic E-state index is 0.151. The van der Waals surface area contributed by atoms with Crippen molar-refractivity contribution >= 4 is 51.1 Å². The SMILES string of the molecule is O=C1/C(=C\c2ccc(Cn3cc(Br)c([N+](=O)[O-])n3)o2)NC(=S)N1C1CC1. The Labute approximate surface area is 160 Å². The second-order valence-electron chi connectivity index (χ2n) is 5.95. The van der Waals surface area contributed by atoms with Gasteiger partial charge in [-0.15, -0.1) is 0 Å². The number of nitrogens with zero attached hydrogens (tertiary/aromatic N) is 4. The zero-order chi connectivity index (χ0) is 18.4. The lowest BCUT2D eigenvalue weighted by molar-refractivity contribution is -0.390. The van der Waals surface area contributed by atoms with Gasteiger partial charge in [-0.25, -0.2) is 0 Å². The third kappa shape index (κ3) is 3.15. The number of hydrogen-bond acceptors (Lipinski definition) is 6. The molecule has 0 unspecified atom stereocenters. The molecule has 9 nitrogen and oxygen atoms in total. The van der Waals surface area contributed by atoms with Crippen LogP contribution in [0.15, 0.2) is 32.9 Å². The molecule has 134 valence electrons. The van der Waals surface area contributed by atoms with Gasteiger partial charge < -0.3 is 19.8 Å². The predicted molar refractivity (Wildman–Crippen MR) is 98.0 cm³/mol. The predicted octanol–water partition coefficient (Wildman–Crippen LogP) is 2.42. The molecule has 0 bridgehead atoms. The van der Waals surface area contributed by atoms with Crippen molar-refractivity contribution in [3.63, 3.8) is 0 Å². The van der Waals surface area contributed by atoms with Crippen molar-refractivity contribution in [2.24, 2.45) is 0 Å². The number of rotatable bonds is 5. The van der Waals surface area contributed by atoms with E-state index in [2.05, 4.69) is 26.3 Å². The molecule has 11 heteroatoms. The zero-order valence-corrected chi connectivity index (χ0v) is 15.6. The maximum absolute atomic E-state index is 12.4. The Balaban J connectivity index is 1.50. The summed E-state index contributed by atoms with van der Waals surface area (Å²) in [7, 11) is 0. The highest BCUT2D eigenvalue weighted by molar-refractivity contribution is 9.10. The number of nitrogens with one attached hydrogen (secondary N) is 1. The van der Waals surface area contributed by atoms with E-state index < -0.39 is 4.92 Å². The summed E-state index contributed by atoms with van der Waals surface area (Å²) in [6, 6.07) is 3.65. The molecule has 2 aromatic rings. The molecule has 3 heterocycles. The number of nitro groups is 1. The molecule has 4 rings (SSSR count). The Bertz CT molecular complexity index is 961. The van der Waals surface area contributed by atoms with E-state index in [1.165, 1.54) is 10.9 Å². The lowest BCUT2D eigenvalue weighted by Gasteiger charge is -2.11. The Morgan fingerprint density at radius 1 is 1.50 bits per heavy atom. The number of aromatic nitrogens is 2. The fourth-order valence-corrected chi connectivity index (χ4v) is 3.47. The number of carbonyl (C=O) groups is 1. The van der Waals surface area contributed by atoms with Gasteiger partial charge >= 0.3 is 5.82 Å². The second-order valence-corrected chi connectivity index (χ2v) is 7.19. The van der Waals surface area contributed by atoms with Gasteiger partial charge in [0.25, 0.3) is 5.91 Å². The van der Waals surface area contributed by atoms with E-state index in [9.17, 15) is 14.9 Å². The zero-order valence-electron chi connectivity index (χ0n) is 13.2. The first kappa shape index (κ1) is 16.9. The fraction of sp³-hybridized carbons (Fsp3) is 0.267. The van der Waals surface area contributed by atoms with Crippen LogP contribution in [0.1, 0.15) is 24.4 Å². The van der Waals surface area contributed by atoms with Gasteiger partial charge in [0.1, 0.15) is 28.2 Å². The maximum atomic E-state index is 12.4. The first-order chi connectivity index (χ1) is 12.4. The lowest BCUT2D eigenvalue weighted by atomic mass is 10.3. The molecule has 1 saturated carbocycles. The minimum Gasteiger partial charge on any atom is -0.460 e. The van der Waals surface area contributed by atoms with E-state index in [-0.39, 0.29) is 24.3 Å². The van der Waals surface area contributed by atoms with Crippen LogP contribution in [0.4, 0.5) is 5.82 Å². The Morgan fingerprint density at radius 3 is 2.92 bits per heavy atom. The van der Waals surface area contributed by atoms with Crippen LogP contribution in [0.2, 0.25) is 0 Å². The van der Waals surface area contributed by atoms with Crippen molar-refractivity contribution in [2.75, 3.05) is 0 Å². The molecule has 0 aromatic carbocycles.